The van der Waals surface area contributed by atoms with Crippen LogP contribution in [0.1, 0.15) is 27.7 Å². The van der Waals surface area contributed by atoms with Gasteiger partial charge in [0.25, 0.3) is 0 Å². The van der Waals surface area contributed by atoms with Gasteiger partial charge in [0.05, 0.1) is 19.8 Å². The fraction of sp³-hybridized carbons (Fsp3) is 0.562. The van der Waals surface area contributed by atoms with E-state index in [2.05, 4.69) is 0 Å². The standard InChI is InChI=1S/C16H21NO7S/c1-5-21-12(18)10-11(13(19)22-6-2)17-8-9-25-15(17)24-16(10,4)14(20)23-7-3/h8-9,15H,5-7H2,1-4H3. The van der Waals surface area contributed by atoms with Crippen molar-refractivity contribution >= 4 is 29.7 Å². The summed E-state index contributed by atoms with van der Waals surface area (Å²) in [6, 6.07) is 0. The van der Waals surface area contributed by atoms with Gasteiger partial charge in [0, 0.05) is 6.20 Å². The summed E-state index contributed by atoms with van der Waals surface area (Å²) in [4.78, 5) is 39.2. The lowest BCUT2D eigenvalue weighted by Crippen LogP contribution is -2.55. The van der Waals surface area contributed by atoms with E-state index in [0.29, 0.717) is 0 Å². The SMILES string of the molecule is CCOC(=O)C1=C(C(=O)OCC)C(C)(C(=O)OCC)OC2SC=CN12. The number of fused-ring (bicyclic) bond motifs is 1. The van der Waals surface area contributed by atoms with Crippen molar-refractivity contribution < 1.29 is 33.3 Å². The molecule has 0 aromatic carbocycles. The Morgan fingerprint density at radius 3 is 2.32 bits per heavy atom. The molecule has 0 aromatic rings. The van der Waals surface area contributed by atoms with Crippen LogP contribution in [0.4, 0.5) is 0 Å². The van der Waals surface area contributed by atoms with Crippen molar-refractivity contribution in [3.8, 4) is 0 Å². The summed E-state index contributed by atoms with van der Waals surface area (Å²) < 4.78 is 21.1. The number of carbonyl (C=O) groups is 3. The van der Waals surface area contributed by atoms with Crippen LogP contribution >= 0.6 is 11.8 Å². The van der Waals surface area contributed by atoms with Gasteiger partial charge in [0.15, 0.2) is 11.2 Å². The quantitative estimate of drug-likeness (QED) is 0.509. The molecule has 0 spiro atoms. The van der Waals surface area contributed by atoms with E-state index in [4.69, 9.17) is 18.9 Å². The van der Waals surface area contributed by atoms with E-state index in [9.17, 15) is 14.4 Å². The molecule has 0 amide bonds. The molecule has 0 aliphatic carbocycles. The van der Waals surface area contributed by atoms with Gasteiger partial charge in [-0.05, 0) is 33.1 Å². The highest BCUT2D eigenvalue weighted by atomic mass is 32.2. The van der Waals surface area contributed by atoms with Crippen LogP contribution in [-0.4, -0.2) is 53.8 Å². The van der Waals surface area contributed by atoms with Gasteiger partial charge >= 0.3 is 17.9 Å². The Morgan fingerprint density at radius 2 is 1.72 bits per heavy atom. The predicted molar refractivity (Wildman–Crippen MR) is 88.8 cm³/mol. The van der Waals surface area contributed by atoms with Crippen molar-refractivity contribution in [3.05, 3.63) is 22.9 Å². The Bertz CT molecular complexity index is 630. The number of carbonyl (C=O) groups excluding carboxylic acids is 3. The molecule has 2 unspecified atom stereocenters. The first-order valence-corrected chi connectivity index (χ1v) is 8.89. The zero-order valence-corrected chi connectivity index (χ0v) is 15.4. The van der Waals surface area contributed by atoms with Gasteiger partial charge in [-0.1, -0.05) is 11.8 Å². The fourth-order valence-corrected chi connectivity index (χ4v) is 3.40. The van der Waals surface area contributed by atoms with E-state index in [-0.39, 0.29) is 31.1 Å². The first-order valence-electron chi connectivity index (χ1n) is 7.95. The van der Waals surface area contributed by atoms with Crippen LogP contribution in [0.5, 0.6) is 0 Å². The molecule has 0 saturated carbocycles. The van der Waals surface area contributed by atoms with Crippen molar-refractivity contribution in [3.63, 3.8) is 0 Å². The Hall–Kier alpha value is -2.00. The molecule has 2 aliphatic heterocycles. The van der Waals surface area contributed by atoms with Gasteiger partial charge in [-0.25, -0.2) is 14.4 Å². The lowest BCUT2D eigenvalue weighted by molar-refractivity contribution is -0.179. The first kappa shape index (κ1) is 19.3. The first-order chi connectivity index (χ1) is 11.9. The number of esters is 3. The van der Waals surface area contributed by atoms with Gasteiger partial charge in [0.2, 0.25) is 0 Å². The lowest BCUT2D eigenvalue weighted by atomic mass is 9.91. The summed E-state index contributed by atoms with van der Waals surface area (Å²) in [6.07, 6.45) is 1.59. The molecular formula is C16H21NO7S. The summed E-state index contributed by atoms with van der Waals surface area (Å²) in [5, 5.41) is 1.70. The third kappa shape index (κ3) is 3.52. The maximum absolute atomic E-state index is 12.6. The summed E-state index contributed by atoms with van der Waals surface area (Å²) >= 11 is 1.25. The number of ether oxygens (including phenoxy) is 4. The van der Waals surface area contributed by atoms with Gasteiger partial charge in [-0.3, -0.25) is 0 Å². The van der Waals surface area contributed by atoms with Crippen LogP contribution in [-0.2, 0) is 33.3 Å². The van der Waals surface area contributed by atoms with Crippen LogP contribution in [0.2, 0.25) is 0 Å². The molecule has 0 N–H and O–H groups in total. The second-order valence-corrected chi connectivity index (χ2v) is 6.12. The van der Waals surface area contributed by atoms with Gasteiger partial charge in [-0.2, -0.15) is 0 Å². The molecule has 8 nitrogen and oxygen atoms in total. The van der Waals surface area contributed by atoms with Crippen molar-refractivity contribution in [2.75, 3.05) is 19.8 Å². The average molecular weight is 371 g/mol. The minimum Gasteiger partial charge on any atom is -0.464 e. The number of hydrogen-bond donors (Lipinski definition) is 0. The van der Waals surface area contributed by atoms with Crippen molar-refractivity contribution in [1.82, 2.24) is 4.90 Å². The molecule has 2 heterocycles. The normalized spacial score (nSPS) is 24.8. The molecule has 25 heavy (non-hydrogen) atoms. The summed E-state index contributed by atoms with van der Waals surface area (Å²) in [6.45, 7) is 6.61. The number of thioether (sulfide) groups is 1. The molecule has 0 fully saturated rings. The Labute approximate surface area is 150 Å². The summed E-state index contributed by atoms with van der Waals surface area (Å²) in [5.74, 6) is -2.33. The molecule has 2 atom stereocenters. The molecule has 9 heteroatoms. The third-order valence-electron chi connectivity index (χ3n) is 3.57. The summed E-state index contributed by atoms with van der Waals surface area (Å²) in [7, 11) is 0. The zero-order valence-electron chi connectivity index (χ0n) is 14.6. The molecule has 0 bridgehead atoms. The lowest BCUT2D eigenvalue weighted by Gasteiger charge is -2.41. The molecule has 0 radical (unpaired) electrons. The number of nitrogens with zero attached hydrogens (tertiary/aromatic N) is 1. The van der Waals surface area contributed by atoms with E-state index in [1.807, 2.05) is 0 Å². The molecule has 0 aromatic heterocycles. The van der Waals surface area contributed by atoms with Crippen molar-refractivity contribution in [2.45, 2.75) is 38.9 Å². The molecule has 0 saturated heterocycles. The minimum absolute atomic E-state index is 0.0748. The van der Waals surface area contributed by atoms with Crippen LogP contribution < -0.4 is 0 Å². The summed E-state index contributed by atoms with van der Waals surface area (Å²) in [5.41, 5.74) is -2.78. The van der Waals surface area contributed by atoms with Gasteiger partial charge < -0.3 is 23.8 Å². The maximum Gasteiger partial charge on any atom is 0.355 e. The van der Waals surface area contributed by atoms with E-state index < -0.39 is 29.1 Å². The fourth-order valence-electron chi connectivity index (χ4n) is 2.50. The second-order valence-electron chi connectivity index (χ2n) is 5.17. The number of hydrogen-bond acceptors (Lipinski definition) is 9. The zero-order chi connectivity index (χ0) is 18.6. The average Bonchev–Trinajstić information content (AvgIpc) is 3.01. The third-order valence-corrected chi connectivity index (χ3v) is 4.40. The van der Waals surface area contributed by atoms with Crippen LogP contribution in [0.25, 0.3) is 0 Å². The van der Waals surface area contributed by atoms with Crippen molar-refractivity contribution in [2.24, 2.45) is 0 Å². The molecular weight excluding hydrogens is 350 g/mol. The minimum atomic E-state index is -1.79. The van der Waals surface area contributed by atoms with Crippen LogP contribution in [0, 0.1) is 0 Å². The van der Waals surface area contributed by atoms with E-state index in [1.165, 1.54) is 23.6 Å². The van der Waals surface area contributed by atoms with E-state index in [1.54, 1.807) is 32.4 Å². The smallest absolute Gasteiger partial charge is 0.355 e. The van der Waals surface area contributed by atoms with E-state index in [0.717, 1.165) is 0 Å². The maximum atomic E-state index is 12.6. The highest BCUT2D eigenvalue weighted by Gasteiger charge is 2.55. The van der Waals surface area contributed by atoms with Crippen molar-refractivity contribution in [1.29, 1.82) is 0 Å². The highest BCUT2D eigenvalue weighted by Crippen LogP contribution is 2.43. The van der Waals surface area contributed by atoms with E-state index >= 15 is 0 Å². The second kappa shape index (κ2) is 7.92. The Morgan fingerprint density at radius 1 is 1.12 bits per heavy atom. The number of rotatable bonds is 6. The molecule has 138 valence electrons. The topological polar surface area (TPSA) is 91.4 Å². The largest absolute Gasteiger partial charge is 0.464 e. The van der Waals surface area contributed by atoms with Crippen LogP contribution in [0.15, 0.2) is 22.9 Å². The molecule has 2 rings (SSSR count). The monoisotopic (exact) mass is 371 g/mol. The van der Waals surface area contributed by atoms with Crippen LogP contribution in [0.3, 0.4) is 0 Å². The molecule has 2 aliphatic rings. The predicted octanol–water partition coefficient (Wildman–Crippen LogP) is 1.52. The Balaban J connectivity index is 2.64. The van der Waals surface area contributed by atoms with Gasteiger partial charge in [-0.15, -0.1) is 0 Å². The Kier molecular flexibility index (Phi) is 6.12. The van der Waals surface area contributed by atoms with Gasteiger partial charge in [0.1, 0.15) is 11.3 Å². The highest BCUT2D eigenvalue weighted by molar-refractivity contribution is 8.02.